The second-order valence-electron chi connectivity index (χ2n) is 7.83. The molecule has 0 saturated heterocycles. The van der Waals surface area contributed by atoms with Crippen LogP contribution < -0.4 is 20.1 Å². The number of urea groups is 1. The molecule has 0 unspecified atom stereocenters. The Kier molecular flexibility index (Phi) is 7.69. The number of thioether (sulfide) groups is 1. The van der Waals surface area contributed by atoms with E-state index in [4.69, 9.17) is 9.47 Å². The van der Waals surface area contributed by atoms with E-state index >= 15 is 0 Å². The molecule has 1 saturated carbocycles. The zero-order valence-corrected chi connectivity index (χ0v) is 19.9. The maximum Gasteiger partial charge on any atom is 0.321 e. The number of hydrogen-bond acceptors (Lipinski definition) is 7. The third-order valence-corrected chi connectivity index (χ3v) is 6.52. The number of nitrogens with one attached hydrogen (secondary N) is 2. The van der Waals surface area contributed by atoms with Crippen LogP contribution in [-0.4, -0.2) is 52.7 Å². The summed E-state index contributed by atoms with van der Waals surface area (Å²) in [5.74, 6) is 1.56. The van der Waals surface area contributed by atoms with Crippen molar-refractivity contribution in [1.29, 1.82) is 0 Å². The number of para-hydroxylation sites is 1. The van der Waals surface area contributed by atoms with E-state index in [1.165, 1.54) is 11.8 Å². The first kappa shape index (κ1) is 23.6. The molecular weight excluding hydrogens is 454 g/mol. The van der Waals surface area contributed by atoms with Crippen LogP contribution in [0.15, 0.2) is 53.7 Å². The fraction of sp³-hybridized carbons (Fsp3) is 0.333. The summed E-state index contributed by atoms with van der Waals surface area (Å²) >= 11 is 1.20. The summed E-state index contributed by atoms with van der Waals surface area (Å²) in [5, 5.41) is 14.5. The van der Waals surface area contributed by atoms with Crippen LogP contribution in [0.1, 0.15) is 25.7 Å². The summed E-state index contributed by atoms with van der Waals surface area (Å²) in [7, 11) is 3.21. The highest BCUT2D eigenvalue weighted by Gasteiger charge is 2.21. The van der Waals surface area contributed by atoms with Crippen molar-refractivity contribution in [2.24, 2.45) is 0 Å². The van der Waals surface area contributed by atoms with E-state index in [2.05, 4.69) is 20.8 Å². The molecule has 1 heterocycles. The molecule has 1 aliphatic rings. The van der Waals surface area contributed by atoms with Crippen LogP contribution in [0.25, 0.3) is 17.1 Å². The summed E-state index contributed by atoms with van der Waals surface area (Å²) in [6.45, 7) is 0. The van der Waals surface area contributed by atoms with Crippen LogP contribution in [0, 0.1) is 0 Å². The zero-order chi connectivity index (χ0) is 23.9. The molecule has 178 valence electrons. The average Bonchev–Trinajstić information content (AvgIpc) is 3.52. The van der Waals surface area contributed by atoms with Gasteiger partial charge in [0.05, 0.1) is 31.2 Å². The summed E-state index contributed by atoms with van der Waals surface area (Å²) in [6, 6.07) is 14.7. The van der Waals surface area contributed by atoms with Gasteiger partial charge in [-0.3, -0.25) is 14.7 Å². The van der Waals surface area contributed by atoms with Crippen LogP contribution in [0.3, 0.4) is 0 Å². The van der Waals surface area contributed by atoms with Crippen molar-refractivity contribution in [3.05, 3.63) is 48.5 Å². The predicted molar refractivity (Wildman–Crippen MR) is 130 cm³/mol. The first-order valence-electron chi connectivity index (χ1n) is 11.1. The van der Waals surface area contributed by atoms with E-state index < -0.39 is 11.9 Å². The Balaban J connectivity index is 1.55. The first-order chi connectivity index (χ1) is 16.6. The van der Waals surface area contributed by atoms with Gasteiger partial charge in [0.2, 0.25) is 5.91 Å². The molecular formula is C24H27N5O4S. The molecule has 0 spiro atoms. The van der Waals surface area contributed by atoms with Crippen LogP contribution >= 0.6 is 11.8 Å². The van der Waals surface area contributed by atoms with E-state index in [-0.39, 0.29) is 11.8 Å². The number of ether oxygens (including phenoxy) is 2. The van der Waals surface area contributed by atoms with Gasteiger partial charge in [-0.2, -0.15) is 0 Å². The highest BCUT2D eigenvalue weighted by atomic mass is 32.2. The van der Waals surface area contributed by atoms with Crippen molar-refractivity contribution < 1.29 is 19.1 Å². The molecule has 3 amide bonds. The number of aromatic nitrogens is 3. The van der Waals surface area contributed by atoms with E-state index in [9.17, 15) is 9.59 Å². The molecule has 1 fully saturated rings. The van der Waals surface area contributed by atoms with Crippen LogP contribution in [0.4, 0.5) is 4.79 Å². The van der Waals surface area contributed by atoms with Gasteiger partial charge in [-0.05, 0) is 49.2 Å². The molecule has 0 aliphatic heterocycles. The number of nitrogens with zero attached hydrogens (tertiary/aromatic N) is 3. The molecule has 0 atom stereocenters. The number of benzene rings is 2. The quantitative estimate of drug-likeness (QED) is 0.471. The van der Waals surface area contributed by atoms with Gasteiger partial charge in [0.25, 0.3) is 0 Å². The average molecular weight is 482 g/mol. The molecule has 10 heteroatoms. The maximum atomic E-state index is 12.4. The Morgan fingerprint density at radius 1 is 1.03 bits per heavy atom. The van der Waals surface area contributed by atoms with Gasteiger partial charge in [0.15, 0.2) is 11.0 Å². The van der Waals surface area contributed by atoms with E-state index in [1.54, 1.807) is 14.2 Å². The van der Waals surface area contributed by atoms with Crippen molar-refractivity contribution >= 4 is 23.7 Å². The lowest BCUT2D eigenvalue weighted by atomic mass is 10.2. The minimum absolute atomic E-state index is 0.0122. The largest absolute Gasteiger partial charge is 0.497 e. The van der Waals surface area contributed by atoms with Gasteiger partial charge in [-0.25, -0.2) is 4.79 Å². The number of amides is 3. The third kappa shape index (κ3) is 5.51. The molecule has 34 heavy (non-hydrogen) atoms. The van der Waals surface area contributed by atoms with Crippen molar-refractivity contribution in [2.45, 2.75) is 36.9 Å². The van der Waals surface area contributed by atoms with Crippen LogP contribution in [-0.2, 0) is 4.79 Å². The molecule has 0 bridgehead atoms. The van der Waals surface area contributed by atoms with Gasteiger partial charge in [0.1, 0.15) is 11.5 Å². The topological polar surface area (TPSA) is 107 Å². The fourth-order valence-corrected chi connectivity index (χ4v) is 4.67. The summed E-state index contributed by atoms with van der Waals surface area (Å²) < 4.78 is 12.6. The van der Waals surface area contributed by atoms with Crippen molar-refractivity contribution in [3.63, 3.8) is 0 Å². The number of hydrogen-bond donors (Lipinski definition) is 2. The minimum Gasteiger partial charge on any atom is -0.497 e. The number of methoxy groups -OCH3 is 2. The lowest BCUT2D eigenvalue weighted by Gasteiger charge is -2.13. The fourth-order valence-electron chi connectivity index (χ4n) is 3.92. The standard InChI is InChI=1S/C24H27N5O4S/c1-32-18-13-11-17(12-14-18)29-22(19-9-5-6-10-20(19)33-2)27-28-24(29)34-15-21(30)26-23(31)25-16-7-3-4-8-16/h5-6,9-14,16H,3-4,7-8,15H2,1-2H3,(H2,25,26,30,31). The van der Waals surface area contributed by atoms with E-state index in [1.807, 2.05) is 53.1 Å². The van der Waals surface area contributed by atoms with Gasteiger partial charge in [0, 0.05) is 6.04 Å². The number of rotatable bonds is 8. The predicted octanol–water partition coefficient (Wildman–Crippen LogP) is 3.81. The molecule has 4 rings (SSSR count). The maximum absolute atomic E-state index is 12.4. The van der Waals surface area contributed by atoms with E-state index in [0.29, 0.717) is 16.7 Å². The second kappa shape index (κ2) is 11.1. The van der Waals surface area contributed by atoms with Gasteiger partial charge >= 0.3 is 6.03 Å². The lowest BCUT2D eigenvalue weighted by molar-refractivity contribution is -0.117. The Bertz CT molecular complexity index is 1140. The highest BCUT2D eigenvalue weighted by molar-refractivity contribution is 7.99. The molecule has 2 N–H and O–H groups in total. The van der Waals surface area contributed by atoms with Gasteiger partial charge in [-0.1, -0.05) is 36.7 Å². The number of carbonyl (C=O) groups is 2. The molecule has 3 aromatic rings. The Labute approximate surface area is 202 Å². The third-order valence-electron chi connectivity index (χ3n) is 5.59. The molecule has 1 aromatic heterocycles. The van der Waals surface area contributed by atoms with Crippen LogP contribution in [0.2, 0.25) is 0 Å². The minimum atomic E-state index is -0.455. The summed E-state index contributed by atoms with van der Waals surface area (Å²) in [6.07, 6.45) is 4.11. The Hall–Kier alpha value is -3.53. The Morgan fingerprint density at radius 3 is 2.47 bits per heavy atom. The second-order valence-corrected chi connectivity index (χ2v) is 8.77. The molecule has 2 aromatic carbocycles. The van der Waals surface area contributed by atoms with E-state index in [0.717, 1.165) is 42.7 Å². The van der Waals surface area contributed by atoms with Crippen molar-refractivity contribution in [3.8, 4) is 28.6 Å². The van der Waals surface area contributed by atoms with Gasteiger partial charge in [-0.15, -0.1) is 10.2 Å². The van der Waals surface area contributed by atoms with Crippen molar-refractivity contribution in [2.75, 3.05) is 20.0 Å². The zero-order valence-electron chi connectivity index (χ0n) is 19.1. The monoisotopic (exact) mass is 481 g/mol. The molecule has 0 radical (unpaired) electrons. The number of imide groups is 1. The molecule has 9 nitrogen and oxygen atoms in total. The summed E-state index contributed by atoms with van der Waals surface area (Å²) in [4.78, 5) is 24.5. The van der Waals surface area contributed by atoms with Crippen LogP contribution in [0.5, 0.6) is 11.5 Å². The smallest absolute Gasteiger partial charge is 0.321 e. The first-order valence-corrected chi connectivity index (χ1v) is 12.0. The lowest BCUT2D eigenvalue weighted by Crippen LogP contribution is -2.44. The highest BCUT2D eigenvalue weighted by Crippen LogP contribution is 2.33. The molecule has 1 aliphatic carbocycles. The Morgan fingerprint density at radius 2 is 1.76 bits per heavy atom. The SMILES string of the molecule is COc1ccc(-n2c(SCC(=O)NC(=O)NC3CCCC3)nnc2-c2ccccc2OC)cc1. The van der Waals surface area contributed by atoms with Gasteiger partial charge < -0.3 is 14.8 Å². The normalized spacial score (nSPS) is 13.5. The van der Waals surface area contributed by atoms with Crippen molar-refractivity contribution in [1.82, 2.24) is 25.4 Å². The summed E-state index contributed by atoms with van der Waals surface area (Å²) in [5.41, 5.74) is 1.56. The number of carbonyl (C=O) groups excluding carboxylic acids is 2.